The normalized spacial score (nSPS) is 14.8. The smallest absolute Gasteiger partial charge is 0.325 e. The summed E-state index contributed by atoms with van der Waals surface area (Å²) in [5.41, 5.74) is 6.44. The van der Waals surface area contributed by atoms with Crippen LogP contribution in [0.4, 0.5) is 0 Å². The molecule has 13 heteroatoms. The van der Waals surface area contributed by atoms with Crippen molar-refractivity contribution in [1.82, 2.24) is 25.9 Å². The highest BCUT2D eigenvalue weighted by atomic mass is 32.2. The highest BCUT2D eigenvalue weighted by Crippen LogP contribution is 2.03. The zero-order chi connectivity index (χ0) is 22.7. The van der Waals surface area contributed by atoms with Gasteiger partial charge in [0.25, 0.3) is 0 Å². The number of carbonyl (C=O) groups is 4. The molecule has 0 saturated heterocycles. The van der Waals surface area contributed by atoms with Gasteiger partial charge in [0.1, 0.15) is 18.1 Å². The predicted molar refractivity (Wildman–Crippen MR) is 109 cm³/mol. The van der Waals surface area contributed by atoms with Gasteiger partial charge in [0, 0.05) is 18.3 Å². The third-order valence-corrected chi connectivity index (χ3v) is 4.76. The Morgan fingerprint density at radius 1 is 1.17 bits per heavy atom. The Bertz CT molecular complexity index is 716. The fourth-order valence-corrected chi connectivity index (χ4v) is 2.82. The Morgan fingerprint density at radius 2 is 1.80 bits per heavy atom. The Hall–Kier alpha value is -2.64. The zero-order valence-electron chi connectivity index (χ0n) is 16.8. The first-order valence-electron chi connectivity index (χ1n) is 9.16. The summed E-state index contributed by atoms with van der Waals surface area (Å²) in [7, 11) is 0. The van der Waals surface area contributed by atoms with Gasteiger partial charge in [-0.2, -0.15) is 11.8 Å². The van der Waals surface area contributed by atoms with Crippen LogP contribution < -0.4 is 21.7 Å². The second-order valence-electron chi connectivity index (χ2n) is 6.54. The second-order valence-corrected chi connectivity index (χ2v) is 7.53. The zero-order valence-corrected chi connectivity index (χ0v) is 17.6. The predicted octanol–water partition coefficient (Wildman–Crippen LogP) is -2.42. The van der Waals surface area contributed by atoms with Gasteiger partial charge in [0.15, 0.2) is 0 Å². The fraction of sp³-hybridized carbons (Fsp3) is 0.588. The van der Waals surface area contributed by atoms with Crippen molar-refractivity contribution < 1.29 is 29.4 Å². The van der Waals surface area contributed by atoms with Gasteiger partial charge < -0.3 is 36.9 Å². The van der Waals surface area contributed by atoms with E-state index in [2.05, 4.69) is 25.9 Å². The number of nitrogens with zero attached hydrogens (tertiary/aromatic N) is 1. The van der Waals surface area contributed by atoms with Crippen LogP contribution >= 0.6 is 11.8 Å². The lowest BCUT2D eigenvalue weighted by atomic mass is 10.1. The maximum atomic E-state index is 12.5. The quantitative estimate of drug-likeness (QED) is 0.173. The summed E-state index contributed by atoms with van der Waals surface area (Å²) >= 11 is 1.44. The molecule has 12 nitrogen and oxygen atoms in total. The van der Waals surface area contributed by atoms with Gasteiger partial charge in [0.2, 0.25) is 17.7 Å². The van der Waals surface area contributed by atoms with Crippen LogP contribution in [0.3, 0.4) is 0 Å². The van der Waals surface area contributed by atoms with E-state index in [9.17, 15) is 24.3 Å². The van der Waals surface area contributed by atoms with Crippen LogP contribution in [0.2, 0.25) is 0 Å². The summed E-state index contributed by atoms with van der Waals surface area (Å²) in [6.45, 7) is 0.586. The van der Waals surface area contributed by atoms with Crippen molar-refractivity contribution >= 4 is 35.5 Å². The van der Waals surface area contributed by atoms with Gasteiger partial charge in [-0.3, -0.25) is 19.2 Å². The molecule has 4 unspecified atom stereocenters. The van der Waals surface area contributed by atoms with Crippen molar-refractivity contribution in [2.75, 3.05) is 18.6 Å². The average molecular weight is 445 g/mol. The number of hydrogen-bond acceptors (Lipinski definition) is 8. The van der Waals surface area contributed by atoms with Crippen LogP contribution in [0.1, 0.15) is 19.0 Å². The summed E-state index contributed by atoms with van der Waals surface area (Å²) < 4.78 is 0. The number of aromatic nitrogens is 2. The summed E-state index contributed by atoms with van der Waals surface area (Å²) in [5, 5.41) is 25.5. The van der Waals surface area contributed by atoms with Crippen LogP contribution in [-0.2, 0) is 25.6 Å². The molecule has 0 saturated carbocycles. The van der Waals surface area contributed by atoms with Crippen LogP contribution in [0.5, 0.6) is 0 Å². The molecule has 168 valence electrons. The maximum absolute atomic E-state index is 12.5. The molecule has 0 fully saturated rings. The molecule has 1 rings (SSSR count). The number of amides is 3. The Morgan fingerprint density at radius 3 is 2.33 bits per heavy atom. The molecule has 0 radical (unpaired) electrons. The molecule has 1 aromatic rings. The van der Waals surface area contributed by atoms with Gasteiger partial charge in [-0.25, -0.2) is 4.98 Å². The van der Waals surface area contributed by atoms with Crippen LogP contribution in [0.15, 0.2) is 12.5 Å². The molecule has 0 aliphatic rings. The number of carboxylic acids is 1. The minimum Gasteiger partial charge on any atom is -0.480 e. The summed E-state index contributed by atoms with van der Waals surface area (Å²) in [4.78, 5) is 54.7. The summed E-state index contributed by atoms with van der Waals surface area (Å²) in [5.74, 6) is -2.83. The number of H-pyrrole nitrogens is 1. The van der Waals surface area contributed by atoms with Gasteiger partial charge in [-0.05, 0) is 25.4 Å². The molecule has 3 amide bonds. The minimum atomic E-state index is -1.33. The maximum Gasteiger partial charge on any atom is 0.325 e. The largest absolute Gasteiger partial charge is 0.480 e. The van der Waals surface area contributed by atoms with Gasteiger partial charge in [0.05, 0.1) is 19.0 Å². The molecule has 1 heterocycles. The van der Waals surface area contributed by atoms with Crippen molar-refractivity contribution in [3.63, 3.8) is 0 Å². The standard InChI is InChI=1S/C17H28N6O6S/c1-9(17(28)29)21-15(26)12(3-4-30-2)22-16(27)13(7-24)23-14(25)11(18)5-10-6-19-8-20-10/h6,8-9,11-13,24H,3-5,7,18H2,1-2H3,(H,19,20)(H,21,26)(H,22,27)(H,23,25)(H,28,29). The number of aliphatic hydroxyl groups excluding tert-OH is 1. The number of aliphatic carboxylic acids is 1. The van der Waals surface area contributed by atoms with Crippen molar-refractivity contribution in [1.29, 1.82) is 0 Å². The molecule has 0 aliphatic carbocycles. The molecule has 0 bridgehead atoms. The van der Waals surface area contributed by atoms with Crippen LogP contribution in [0.25, 0.3) is 0 Å². The monoisotopic (exact) mass is 444 g/mol. The molecule has 4 atom stereocenters. The lowest BCUT2D eigenvalue weighted by Gasteiger charge is -2.23. The first-order chi connectivity index (χ1) is 14.2. The molecule has 30 heavy (non-hydrogen) atoms. The third-order valence-electron chi connectivity index (χ3n) is 4.12. The molecule has 0 spiro atoms. The van der Waals surface area contributed by atoms with Gasteiger partial charge in [-0.15, -0.1) is 0 Å². The third kappa shape index (κ3) is 8.39. The van der Waals surface area contributed by atoms with E-state index in [-0.39, 0.29) is 12.8 Å². The molecule has 0 aliphatic heterocycles. The number of imidazole rings is 1. The lowest BCUT2D eigenvalue weighted by molar-refractivity contribution is -0.141. The van der Waals surface area contributed by atoms with Crippen molar-refractivity contribution in [2.24, 2.45) is 5.73 Å². The molecule has 8 N–H and O–H groups in total. The highest BCUT2D eigenvalue weighted by molar-refractivity contribution is 7.98. The van der Waals surface area contributed by atoms with Crippen molar-refractivity contribution in [2.45, 2.75) is 43.9 Å². The van der Waals surface area contributed by atoms with Crippen molar-refractivity contribution in [3.05, 3.63) is 18.2 Å². The number of rotatable bonds is 13. The number of nitrogens with one attached hydrogen (secondary N) is 4. The average Bonchev–Trinajstić information content (AvgIpc) is 3.21. The van der Waals surface area contributed by atoms with E-state index < -0.39 is 54.5 Å². The van der Waals surface area contributed by atoms with E-state index in [0.29, 0.717) is 11.4 Å². The summed E-state index contributed by atoms with van der Waals surface area (Å²) in [6.07, 6.45) is 5.15. The number of nitrogens with two attached hydrogens (primary N) is 1. The number of carbonyl (C=O) groups excluding carboxylic acids is 3. The number of aliphatic hydroxyl groups is 1. The van der Waals surface area contributed by atoms with Gasteiger partial charge >= 0.3 is 5.97 Å². The lowest BCUT2D eigenvalue weighted by Crippen LogP contribution is -2.58. The SMILES string of the molecule is CSCCC(NC(=O)C(CO)NC(=O)C(N)Cc1cnc[nH]1)C(=O)NC(C)C(=O)O. The molecule has 0 aromatic carbocycles. The minimum absolute atomic E-state index is 0.150. The fourth-order valence-electron chi connectivity index (χ4n) is 2.35. The van der Waals surface area contributed by atoms with E-state index >= 15 is 0 Å². The number of carboxylic acid groups (broad SMARTS) is 1. The van der Waals surface area contributed by atoms with Gasteiger partial charge in [-0.1, -0.05) is 0 Å². The van der Waals surface area contributed by atoms with E-state index in [1.165, 1.54) is 31.2 Å². The topological polar surface area (TPSA) is 200 Å². The summed E-state index contributed by atoms with van der Waals surface area (Å²) in [6, 6.07) is -4.48. The van der Waals surface area contributed by atoms with Crippen LogP contribution in [-0.4, -0.2) is 86.7 Å². The number of aromatic amines is 1. The van der Waals surface area contributed by atoms with Crippen molar-refractivity contribution in [3.8, 4) is 0 Å². The number of thioether (sulfide) groups is 1. The second kappa shape index (κ2) is 12.8. The van der Waals surface area contributed by atoms with E-state index in [1.807, 2.05) is 6.26 Å². The Kier molecular flexibility index (Phi) is 10.9. The Balaban J connectivity index is 2.72. The van der Waals surface area contributed by atoms with E-state index in [4.69, 9.17) is 10.8 Å². The molecule has 1 aromatic heterocycles. The van der Waals surface area contributed by atoms with E-state index in [1.54, 1.807) is 0 Å². The van der Waals surface area contributed by atoms with Crippen LogP contribution in [0, 0.1) is 0 Å². The Labute approximate surface area is 177 Å². The van der Waals surface area contributed by atoms with E-state index in [0.717, 1.165) is 0 Å². The molecular weight excluding hydrogens is 416 g/mol. The highest BCUT2D eigenvalue weighted by Gasteiger charge is 2.29. The molecular formula is C17H28N6O6S. The first kappa shape index (κ1) is 25.4. The number of hydrogen-bond donors (Lipinski definition) is 7. The first-order valence-corrected chi connectivity index (χ1v) is 10.6.